The van der Waals surface area contributed by atoms with Crippen molar-refractivity contribution in [1.82, 2.24) is 5.32 Å². The number of para-hydroxylation sites is 1. The zero-order valence-corrected chi connectivity index (χ0v) is 11.7. The van der Waals surface area contributed by atoms with E-state index in [1.54, 1.807) is 0 Å². The fraction of sp³-hybridized carbons (Fsp3) is 0.600. The Bertz CT molecular complexity index is 366. The largest absolute Gasteiger partial charge is 0.379 e. The second-order valence-electron chi connectivity index (χ2n) is 5.18. The number of anilines is 1. The van der Waals surface area contributed by atoms with Gasteiger partial charge in [-0.3, -0.25) is 0 Å². The van der Waals surface area contributed by atoms with Crippen molar-refractivity contribution in [3.05, 3.63) is 29.3 Å². The molecule has 0 radical (unpaired) electrons. The van der Waals surface area contributed by atoms with Crippen LogP contribution < -0.4 is 10.2 Å². The number of ether oxygens (including phenoxy) is 1. The molecule has 0 spiro atoms. The van der Waals surface area contributed by atoms with Gasteiger partial charge in [-0.15, -0.1) is 0 Å². The first-order valence-electron chi connectivity index (χ1n) is 6.77. The summed E-state index contributed by atoms with van der Waals surface area (Å²) in [6, 6.07) is 6.99. The predicted molar refractivity (Wildman–Crippen MR) is 76.4 cm³/mol. The number of hydrogen-bond acceptors (Lipinski definition) is 3. The van der Waals surface area contributed by atoms with Gasteiger partial charge >= 0.3 is 0 Å². The van der Waals surface area contributed by atoms with Crippen molar-refractivity contribution in [3.8, 4) is 0 Å². The molecular weight excluding hydrogens is 224 g/mol. The molecule has 1 N–H and O–H groups in total. The first kappa shape index (κ1) is 13.4. The summed E-state index contributed by atoms with van der Waals surface area (Å²) in [6.07, 6.45) is 1.13. The Hall–Kier alpha value is -1.06. The topological polar surface area (TPSA) is 24.5 Å². The number of aryl methyl sites for hydroxylation is 2. The third kappa shape index (κ3) is 3.24. The lowest BCUT2D eigenvalue weighted by Gasteiger charge is -2.28. The minimum absolute atomic E-state index is 0.505. The van der Waals surface area contributed by atoms with Gasteiger partial charge < -0.3 is 15.0 Å². The van der Waals surface area contributed by atoms with Crippen LogP contribution in [0.3, 0.4) is 0 Å². The van der Waals surface area contributed by atoms with Crippen LogP contribution in [0.25, 0.3) is 0 Å². The van der Waals surface area contributed by atoms with E-state index < -0.39 is 0 Å². The third-order valence-electron chi connectivity index (χ3n) is 3.63. The number of rotatable bonds is 4. The molecule has 0 aromatic heterocycles. The average molecular weight is 248 g/mol. The fourth-order valence-electron chi connectivity index (χ4n) is 2.67. The predicted octanol–water partition coefficient (Wildman–Crippen LogP) is 2.12. The quantitative estimate of drug-likeness (QED) is 0.883. The monoisotopic (exact) mass is 248 g/mol. The van der Waals surface area contributed by atoms with Crippen LogP contribution in [0.15, 0.2) is 18.2 Å². The summed E-state index contributed by atoms with van der Waals surface area (Å²) >= 11 is 0. The summed E-state index contributed by atoms with van der Waals surface area (Å²) < 4.78 is 5.49. The molecule has 0 aliphatic carbocycles. The van der Waals surface area contributed by atoms with Gasteiger partial charge in [0, 0.05) is 31.9 Å². The van der Waals surface area contributed by atoms with E-state index in [9.17, 15) is 0 Å². The Kier molecular flexibility index (Phi) is 4.61. The van der Waals surface area contributed by atoms with Gasteiger partial charge in [-0.25, -0.2) is 0 Å². The maximum atomic E-state index is 5.49. The van der Waals surface area contributed by atoms with Gasteiger partial charge in [0.2, 0.25) is 0 Å². The van der Waals surface area contributed by atoms with Crippen molar-refractivity contribution in [1.29, 1.82) is 0 Å². The van der Waals surface area contributed by atoms with Crippen molar-refractivity contribution in [2.75, 3.05) is 38.3 Å². The molecule has 1 atom stereocenters. The SMILES string of the molecule is Cc1cccc(C)c1N(C)CCC1COCCN1. The van der Waals surface area contributed by atoms with E-state index in [4.69, 9.17) is 4.74 Å². The van der Waals surface area contributed by atoms with E-state index in [0.717, 1.165) is 32.7 Å². The number of nitrogens with zero attached hydrogens (tertiary/aromatic N) is 1. The van der Waals surface area contributed by atoms with Gasteiger partial charge in [-0.1, -0.05) is 18.2 Å². The lowest BCUT2D eigenvalue weighted by molar-refractivity contribution is 0.0749. The first-order valence-corrected chi connectivity index (χ1v) is 6.77. The molecule has 1 aliphatic heterocycles. The maximum absolute atomic E-state index is 5.49. The van der Waals surface area contributed by atoms with Crippen molar-refractivity contribution < 1.29 is 4.74 Å². The zero-order chi connectivity index (χ0) is 13.0. The highest BCUT2D eigenvalue weighted by Gasteiger charge is 2.14. The summed E-state index contributed by atoms with van der Waals surface area (Å²) in [7, 11) is 2.18. The second kappa shape index (κ2) is 6.21. The molecule has 3 nitrogen and oxygen atoms in total. The van der Waals surface area contributed by atoms with Crippen LogP contribution in [0, 0.1) is 13.8 Å². The minimum Gasteiger partial charge on any atom is -0.379 e. The number of benzene rings is 1. The normalized spacial score (nSPS) is 19.8. The van der Waals surface area contributed by atoms with E-state index in [2.05, 4.69) is 49.3 Å². The standard InChI is InChI=1S/C15H24N2O/c1-12-5-4-6-13(2)15(12)17(3)9-7-14-11-18-10-8-16-14/h4-6,14,16H,7-11H2,1-3H3. The molecular formula is C15H24N2O. The summed E-state index contributed by atoms with van der Waals surface area (Å²) in [5.74, 6) is 0. The van der Waals surface area contributed by atoms with Crippen LogP contribution in [0.4, 0.5) is 5.69 Å². The van der Waals surface area contributed by atoms with Crippen LogP contribution in [0.1, 0.15) is 17.5 Å². The number of hydrogen-bond donors (Lipinski definition) is 1. The third-order valence-corrected chi connectivity index (χ3v) is 3.63. The van der Waals surface area contributed by atoms with Crippen LogP contribution in [0.2, 0.25) is 0 Å². The highest BCUT2D eigenvalue weighted by Crippen LogP contribution is 2.23. The van der Waals surface area contributed by atoms with Crippen LogP contribution in [-0.4, -0.2) is 39.4 Å². The Morgan fingerprint density at radius 1 is 1.33 bits per heavy atom. The van der Waals surface area contributed by atoms with Crippen molar-refractivity contribution in [2.45, 2.75) is 26.3 Å². The number of nitrogens with one attached hydrogen (secondary N) is 1. The maximum Gasteiger partial charge on any atom is 0.0620 e. The van der Waals surface area contributed by atoms with Crippen LogP contribution in [0.5, 0.6) is 0 Å². The second-order valence-corrected chi connectivity index (χ2v) is 5.18. The van der Waals surface area contributed by atoms with E-state index >= 15 is 0 Å². The molecule has 1 aliphatic rings. The molecule has 1 saturated heterocycles. The molecule has 1 heterocycles. The summed E-state index contributed by atoms with van der Waals surface area (Å²) in [4.78, 5) is 2.36. The summed E-state index contributed by atoms with van der Waals surface area (Å²) in [5.41, 5.74) is 4.07. The highest BCUT2D eigenvalue weighted by atomic mass is 16.5. The molecule has 18 heavy (non-hydrogen) atoms. The molecule has 0 amide bonds. The van der Waals surface area contributed by atoms with Crippen molar-refractivity contribution in [3.63, 3.8) is 0 Å². The molecule has 100 valence electrons. The van der Waals surface area contributed by atoms with Gasteiger partial charge in [0.05, 0.1) is 13.2 Å². The smallest absolute Gasteiger partial charge is 0.0620 e. The Balaban J connectivity index is 1.92. The van der Waals surface area contributed by atoms with E-state index in [0.29, 0.717) is 6.04 Å². The average Bonchev–Trinajstić information content (AvgIpc) is 2.37. The lowest BCUT2D eigenvalue weighted by atomic mass is 10.1. The Morgan fingerprint density at radius 2 is 2.06 bits per heavy atom. The van der Waals surface area contributed by atoms with Crippen LogP contribution >= 0.6 is 0 Å². The van der Waals surface area contributed by atoms with Crippen molar-refractivity contribution in [2.24, 2.45) is 0 Å². The minimum atomic E-state index is 0.505. The molecule has 0 saturated carbocycles. The molecule has 0 bridgehead atoms. The molecule has 1 aromatic carbocycles. The van der Waals surface area contributed by atoms with E-state index in [1.165, 1.54) is 16.8 Å². The summed E-state index contributed by atoms with van der Waals surface area (Å²) in [6.45, 7) is 8.11. The fourth-order valence-corrected chi connectivity index (χ4v) is 2.67. The van der Waals surface area contributed by atoms with Gasteiger partial charge in [-0.05, 0) is 31.4 Å². The number of morpholine rings is 1. The Morgan fingerprint density at radius 3 is 2.67 bits per heavy atom. The molecule has 2 rings (SSSR count). The van der Waals surface area contributed by atoms with Gasteiger partial charge in [0.1, 0.15) is 0 Å². The summed E-state index contributed by atoms with van der Waals surface area (Å²) in [5, 5.41) is 3.50. The van der Waals surface area contributed by atoms with E-state index in [-0.39, 0.29) is 0 Å². The lowest BCUT2D eigenvalue weighted by Crippen LogP contribution is -2.43. The first-order chi connectivity index (χ1) is 8.68. The van der Waals surface area contributed by atoms with Crippen molar-refractivity contribution >= 4 is 5.69 Å². The Labute approximate surface area is 110 Å². The van der Waals surface area contributed by atoms with Gasteiger partial charge in [-0.2, -0.15) is 0 Å². The van der Waals surface area contributed by atoms with Gasteiger partial charge in [0.15, 0.2) is 0 Å². The molecule has 1 aromatic rings. The van der Waals surface area contributed by atoms with Gasteiger partial charge in [0.25, 0.3) is 0 Å². The highest BCUT2D eigenvalue weighted by molar-refractivity contribution is 5.58. The molecule has 1 fully saturated rings. The van der Waals surface area contributed by atoms with E-state index in [1.807, 2.05) is 0 Å². The molecule has 3 heteroatoms. The van der Waals surface area contributed by atoms with Crippen LogP contribution in [-0.2, 0) is 4.74 Å². The molecule has 1 unspecified atom stereocenters. The zero-order valence-electron chi connectivity index (χ0n) is 11.7.